The molecule has 1 unspecified atom stereocenters. The highest BCUT2D eigenvalue weighted by molar-refractivity contribution is 7.10. The van der Waals surface area contributed by atoms with Crippen molar-refractivity contribution in [3.63, 3.8) is 0 Å². The Kier molecular flexibility index (Phi) is 2.73. The number of carboxylic acids is 1. The van der Waals surface area contributed by atoms with Crippen LogP contribution in [0.2, 0.25) is 0 Å². The number of thiophene rings is 1. The summed E-state index contributed by atoms with van der Waals surface area (Å²) in [6, 6.07) is 3.86. The van der Waals surface area contributed by atoms with E-state index in [0.717, 1.165) is 11.3 Å². The number of carbonyl (C=O) groups excluding carboxylic acids is 1. The van der Waals surface area contributed by atoms with E-state index in [4.69, 9.17) is 5.11 Å². The summed E-state index contributed by atoms with van der Waals surface area (Å²) in [4.78, 5) is 23.7. The van der Waals surface area contributed by atoms with E-state index in [2.05, 4.69) is 5.32 Å². The van der Waals surface area contributed by atoms with Crippen LogP contribution in [0.25, 0.3) is 0 Å². The van der Waals surface area contributed by atoms with Gasteiger partial charge in [0.25, 0.3) is 0 Å². The maximum atomic E-state index is 12.2. The van der Waals surface area contributed by atoms with Gasteiger partial charge in [-0.15, -0.1) is 11.3 Å². The lowest BCUT2D eigenvalue weighted by Crippen LogP contribution is -2.39. The monoisotopic (exact) mass is 253 g/mol. The Morgan fingerprint density at radius 2 is 2.18 bits per heavy atom. The molecule has 1 aliphatic carbocycles. The molecule has 2 rings (SSSR count). The van der Waals surface area contributed by atoms with Crippen LogP contribution in [-0.4, -0.2) is 23.5 Å². The van der Waals surface area contributed by atoms with E-state index in [1.807, 2.05) is 31.4 Å². The minimum atomic E-state index is -1.02. The van der Waals surface area contributed by atoms with Gasteiger partial charge in [0.2, 0.25) is 5.91 Å². The van der Waals surface area contributed by atoms with Gasteiger partial charge in [-0.2, -0.15) is 0 Å². The molecule has 0 spiro atoms. The highest BCUT2D eigenvalue weighted by Crippen LogP contribution is 2.65. The second-order valence-corrected chi connectivity index (χ2v) is 5.97. The van der Waals surface area contributed by atoms with Gasteiger partial charge in [0.15, 0.2) is 0 Å². The molecule has 0 bridgehead atoms. The maximum Gasteiger partial charge on any atom is 0.322 e. The van der Waals surface area contributed by atoms with E-state index < -0.39 is 11.4 Å². The van der Waals surface area contributed by atoms with Crippen molar-refractivity contribution in [2.24, 2.45) is 5.41 Å². The zero-order chi connectivity index (χ0) is 12.7. The first-order valence-corrected chi connectivity index (χ1v) is 6.32. The lowest BCUT2D eigenvalue weighted by Gasteiger charge is -2.18. The average Bonchev–Trinajstić information content (AvgIpc) is 2.69. The van der Waals surface area contributed by atoms with Crippen LogP contribution >= 0.6 is 11.3 Å². The third-order valence-electron chi connectivity index (χ3n) is 3.47. The zero-order valence-electron chi connectivity index (χ0n) is 9.82. The Morgan fingerprint density at radius 3 is 2.59 bits per heavy atom. The van der Waals surface area contributed by atoms with Crippen LogP contribution in [0.4, 0.5) is 0 Å². The van der Waals surface area contributed by atoms with Crippen molar-refractivity contribution in [2.45, 2.75) is 25.7 Å². The molecule has 0 aliphatic heterocycles. The fourth-order valence-electron chi connectivity index (χ4n) is 2.37. The molecule has 0 aromatic carbocycles. The zero-order valence-corrected chi connectivity index (χ0v) is 10.6. The van der Waals surface area contributed by atoms with Crippen LogP contribution in [0.5, 0.6) is 0 Å². The number of rotatable bonds is 4. The van der Waals surface area contributed by atoms with Gasteiger partial charge < -0.3 is 10.4 Å². The van der Waals surface area contributed by atoms with Gasteiger partial charge in [-0.25, -0.2) is 0 Å². The van der Waals surface area contributed by atoms with Crippen molar-refractivity contribution < 1.29 is 14.7 Å². The van der Waals surface area contributed by atoms with Crippen molar-refractivity contribution in [3.8, 4) is 0 Å². The molecule has 1 amide bonds. The molecule has 1 fully saturated rings. The Hall–Kier alpha value is -1.36. The first-order chi connectivity index (χ1) is 7.90. The highest BCUT2D eigenvalue weighted by Gasteiger charge is 2.67. The van der Waals surface area contributed by atoms with E-state index >= 15 is 0 Å². The van der Waals surface area contributed by atoms with Crippen LogP contribution in [-0.2, 0) is 15.0 Å². The average molecular weight is 253 g/mol. The lowest BCUT2D eigenvalue weighted by atomic mass is 9.93. The number of amides is 1. The molecule has 1 heterocycles. The van der Waals surface area contributed by atoms with E-state index in [1.165, 1.54) is 0 Å². The Balaban J connectivity index is 2.20. The van der Waals surface area contributed by atoms with Gasteiger partial charge in [-0.05, 0) is 23.3 Å². The van der Waals surface area contributed by atoms with Gasteiger partial charge in [-0.1, -0.05) is 19.9 Å². The van der Waals surface area contributed by atoms with E-state index in [1.54, 1.807) is 11.3 Å². The van der Waals surface area contributed by atoms with Crippen molar-refractivity contribution in [3.05, 3.63) is 22.4 Å². The number of carbonyl (C=O) groups is 2. The Bertz CT molecular complexity index is 452. The molecule has 4 nitrogen and oxygen atoms in total. The minimum absolute atomic E-state index is 0.0968. The summed E-state index contributed by atoms with van der Waals surface area (Å²) in [5, 5.41) is 13.0. The summed E-state index contributed by atoms with van der Waals surface area (Å²) in [5.74, 6) is -1.19. The minimum Gasteiger partial charge on any atom is -0.480 e. The summed E-state index contributed by atoms with van der Waals surface area (Å²) in [7, 11) is 0. The SMILES string of the molecule is CC1(C)CC1(C(=O)NCC(=O)O)c1cccs1. The number of carboxylic acid groups (broad SMARTS) is 1. The predicted molar refractivity (Wildman–Crippen MR) is 65.0 cm³/mol. The standard InChI is InChI=1S/C12H15NO3S/c1-11(2)7-12(11,8-4-3-5-17-8)10(16)13-6-9(14)15/h3-5H,6-7H2,1-2H3,(H,13,16)(H,14,15). The predicted octanol–water partition coefficient (Wildman–Crippen LogP) is 1.62. The summed E-state index contributed by atoms with van der Waals surface area (Å²) < 4.78 is 0. The second kappa shape index (κ2) is 3.84. The Morgan fingerprint density at radius 1 is 1.53 bits per heavy atom. The molecule has 1 aromatic rings. The van der Waals surface area contributed by atoms with Crippen LogP contribution in [0.3, 0.4) is 0 Å². The van der Waals surface area contributed by atoms with Crippen molar-refractivity contribution >= 4 is 23.2 Å². The number of nitrogens with one attached hydrogen (secondary N) is 1. The number of hydrogen-bond acceptors (Lipinski definition) is 3. The number of hydrogen-bond donors (Lipinski definition) is 2. The third kappa shape index (κ3) is 1.84. The Labute approximate surface area is 104 Å². The van der Waals surface area contributed by atoms with Crippen molar-refractivity contribution in [2.75, 3.05) is 6.54 Å². The maximum absolute atomic E-state index is 12.2. The molecule has 1 aromatic heterocycles. The van der Waals surface area contributed by atoms with Crippen LogP contribution in [0.1, 0.15) is 25.1 Å². The lowest BCUT2D eigenvalue weighted by molar-refractivity contribution is -0.138. The summed E-state index contributed by atoms with van der Waals surface area (Å²) >= 11 is 1.55. The van der Waals surface area contributed by atoms with Crippen LogP contribution in [0.15, 0.2) is 17.5 Å². The highest BCUT2D eigenvalue weighted by atomic mass is 32.1. The normalized spacial score (nSPS) is 25.3. The van der Waals surface area contributed by atoms with Gasteiger partial charge in [0.05, 0.1) is 5.41 Å². The molecule has 2 N–H and O–H groups in total. The molecule has 1 saturated carbocycles. The van der Waals surface area contributed by atoms with Crippen LogP contribution in [0, 0.1) is 5.41 Å². The molecule has 0 radical (unpaired) electrons. The molecular formula is C12H15NO3S. The fraction of sp³-hybridized carbons (Fsp3) is 0.500. The smallest absolute Gasteiger partial charge is 0.322 e. The molecule has 17 heavy (non-hydrogen) atoms. The van der Waals surface area contributed by atoms with Crippen molar-refractivity contribution in [1.82, 2.24) is 5.32 Å². The van der Waals surface area contributed by atoms with Crippen molar-refractivity contribution in [1.29, 1.82) is 0 Å². The third-order valence-corrected chi connectivity index (χ3v) is 4.50. The van der Waals surface area contributed by atoms with Gasteiger partial charge in [0, 0.05) is 4.88 Å². The van der Waals surface area contributed by atoms with Gasteiger partial charge >= 0.3 is 5.97 Å². The summed E-state index contributed by atoms with van der Waals surface area (Å²) in [6.07, 6.45) is 0.770. The quantitative estimate of drug-likeness (QED) is 0.856. The second-order valence-electron chi connectivity index (χ2n) is 5.02. The topological polar surface area (TPSA) is 66.4 Å². The van der Waals surface area contributed by atoms with E-state index in [-0.39, 0.29) is 17.9 Å². The molecule has 5 heteroatoms. The van der Waals surface area contributed by atoms with Gasteiger partial charge in [0.1, 0.15) is 6.54 Å². The molecule has 1 aliphatic rings. The summed E-state index contributed by atoms with van der Waals surface area (Å²) in [5.41, 5.74) is -0.628. The summed E-state index contributed by atoms with van der Waals surface area (Å²) in [6.45, 7) is 3.75. The molecular weight excluding hydrogens is 238 g/mol. The largest absolute Gasteiger partial charge is 0.480 e. The fourth-order valence-corrected chi connectivity index (χ4v) is 3.47. The van der Waals surface area contributed by atoms with E-state index in [0.29, 0.717) is 0 Å². The van der Waals surface area contributed by atoms with E-state index in [9.17, 15) is 9.59 Å². The number of aliphatic carboxylic acids is 1. The van der Waals surface area contributed by atoms with Crippen LogP contribution < -0.4 is 5.32 Å². The molecule has 1 atom stereocenters. The van der Waals surface area contributed by atoms with Gasteiger partial charge in [-0.3, -0.25) is 9.59 Å². The molecule has 92 valence electrons. The first-order valence-electron chi connectivity index (χ1n) is 5.44. The first kappa shape index (κ1) is 12.1. The molecule has 0 saturated heterocycles.